The predicted octanol–water partition coefficient (Wildman–Crippen LogP) is 0.256. The van der Waals surface area contributed by atoms with Gasteiger partial charge in [-0.2, -0.15) is 0 Å². The van der Waals surface area contributed by atoms with Crippen molar-refractivity contribution in [2.45, 2.75) is 13.1 Å². The maximum atomic E-state index is 11.0. The summed E-state index contributed by atoms with van der Waals surface area (Å²) in [7, 11) is 0. The van der Waals surface area contributed by atoms with Crippen molar-refractivity contribution in [2.75, 3.05) is 11.9 Å². The Balaban J connectivity index is 2.08. The standard InChI is InChI=1S/C10H14N4O2/c1-6-2-3-8(15)7(4-6)12-9-5-11-14-10(16)13-9/h2-4,9,11-12,15H,5H2,1H3,(H2,13,14,16). The molecule has 0 aliphatic carbocycles. The first kappa shape index (κ1) is 10.6. The minimum absolute atomic E-state index is 0.165. The number of urea groups is 1. The van der Waals surface area contributed by atoms with Gasteiger partial charge in [0.2, 0.25) is 0 Å². The van der Waals surface area contributed by atoms with Crippen LogP contribution in [-0.2, 0) is 0 Å². The van der Waals surface area contributed by atoms with Gasteiger partial charge in [-0.25, -0.2) is 10.2 Å². The number of aryl methyl sites for hydroxylation is 1. The zero-order valence-electron chi connectivity index (χ0n) is 8.87. The second-order valence-electron chi connectivity index (χ2n) is 3.70. The normalized spacial score (nSPS) is 19.8. The highest BCUT2D eigenvalue weighted by Crippen LogP contribution is 2.24. The van der Waals surface area contributed by atoms with Gasteiger partial charge in [0.05, 0.1) is 12.2 Å². The summed E-state index contributed by atoms with van der Waals surface area (Å²) in [6.45, 7) is 2.46. The SMILES string of the molecule is Cc1ccc(O)c(NC2CNNC(=O)N2)c1. The number of carbonyl (C=O) groups is 1. The van der Waals surface area contributed by atoms with Gasteiger partial charge in [-0.15, -0.1) is 0 Å². The Morgan fingerprint density at radius 2 is 2.31 bits per heavy atom. The summed E-state index contributed by atoms with van der Waals surface area (Å²) in [6, 6.07) is 4.97. The first-order valence-corrected chi connectivity index (χ1v) is 5.00. The molecule has 1 heterocycles. The van der Waals surface area contributed by atoms with Crippen molar-refractivity contribution < 1.29 is 9.90 Å². The average Bonchev–Trinajstić information content (AvgIpc) is 2.24. The zero-order chi connectivity index (χ0) is 11.5. The van der Waals surface area contributed by atoms with Crippen molar-refractivity contribution in [2.24, 2.45) is 0 Å². The van der Waals surface area contributed by atoms with Crippen LogP contribution in [-0.4, -0.2) is 23.8 Å². The summed E-state index contributed by atoms with van der Waals surface area (Å²) in [5, 5.41) is 15.3. The van der Waals surface area contributed by atoms with Crippen LogP contribution in [0.1, 0.15) is 5.56 Å². The summed E-state index contributed by atoms with van der Waals surface area (Å²) in [4.78, 5) is 11.0. The number of rotatable bonds is 2. The van der Waals surface area contributed by atoms with Crippen LogP contribution in [0, 0.1) is 6.92 Å². The van der Waals surface area contributed by atoms with E-state index >= 15 is 0 Å². The van der Waals surface area contributed by atoms with Gasteiger partial charge in [0.15, 0.2) is 0 Å². The molecule has 0 saturated carbocycles. The second kappa shape index (κ2) is 4.28. The number of hydrogen-bond donors (Lipinski definition) is 5. The van der Waals surface area contributed by atoms with Crippen LogP contribution in [0.2, 0.25) is 0 Å². The Bertz CT molecular complexity index is 408. The molecule has 1 aliphatic heterocycles. The summed E-state index contributed by atoms with van der Waals surface area (Å²) < 4.78 is 0. The lowest BCUT2D eigenvalue weighted by molar-refractivity contribution is 0.224. The molecular formula is C10H14N4O2. The molecule has 0 aromatic heterocycles. The minimum atomic E-state index is -0.295. The van der Waals surface area contributed by atoms with Gasteiger partial charge < -0.3 is 15.7 Å². The number of anilines is 1. The van der Waals surface area contributed by atoms with E-state index in [1.807, 2.05) is 19.1 Å². The second-order valence-corrected chi connectivity index (χ2v) is 3.70. The number of phenols is 1. The molecule has 0 radical (unpaired) electrons. The van der Waals surface area contributed by atoms with E-state index < -0.39 is 0 Å². The molecule has 6 heteroatoms. The fourth-order valence-corrected chi connectivity index (χ4v) is 1.52. The Kier molecular flexibility index (Phi) is 2.82. The highest BCUT2D eigenvalue weighted by Gasteiger charge is 2.17. The van der Waals surface area contributed by atoms with Crippen molar-refractivity contribution >= 4 is 11.7 Å². The summed E-state index contributed by atoms with van der Waals surface area (Å²) in [5.74, 6) is 0.165. The number of hydrazine groups is 1. The van der Waals surface area contributed by atoms with Crippen molar-refractivity contribution in [1.82, 2.24) is 16.2 Å². The lowest BCUT2D eigenvalue weighted by Gasteiger charge is -2.26. The summed E-state index contributed by atoms with van der Waals surface area (Å²) in [5.41, 5.74) is 6.80. The van der Waals surface area contributed by atoms with E-state index in [1.54, 1.807) is 6.07 Å². The van der Waals surface area contributed by atoms with E-state index in [4.69, 9.17) is 0 Å². The van der Waals surface area contributed by atoms with Crippen LogP contribution >= 0.6 is 0 Å². The van der Waals surface area contributed by atoms with Crippen molar-refractivity contribution in [3.8, 4) is 5.75 Å². The maximum Gasteiger partial charge on any atom is 0.330 e. The lowest BCUT2D eigenvalue weighted by atomic mass is 10.2. The summed E-state index contributed by atoms with van der Waals surface area (Å²) in [6.07, 6.45) is -0.249. The Morgan fingerprint density at radius 1 is 1.50 bits per heavy atom. The average molecular weight is 222 g/mol. The topological polar surface area (TPSA) is 85.4 Å². The van der Waals surface area contributed by atoms with Gasteiger partial charge in [-0.3, -0.25) is 5.43 Å². The quantitative estimate of drug-likeness (QED) is 0.464. The molecule has 1 saturated heterocycles. The third-order valence-electron chi connectivity index (χ3n) is 2.30. The predicted molar refractivity (Wildman–Crippen MR) is 59.9 cm³/mol. The van der Waals surface area contributed by atoms with Crippen molar-refractivity contribution in [3.63, 3.8) is 0 Å². The van der Waals surface area contributed by atoms with E-state index in [-0.39, 0.29) is 17.9 Å². The van der Waals surface area contributed by atoms with Crippen molar-refractivity contribution in [3.05, 3.63) is 23.8 Å². The minimum Gasteiger partial charge on any atom is -0.506 e. The van der Waals surface area contributed by atoms with E-state index in [9.17, 15) is 9.90 Å². The molecule has 1 aromatic carbocycles. The highest BCUT2D eigenvalue weighted by molar-refractivity contribution is 5.75. The molecule has 0 spiro atoms. The molecule has 1 aliphatic rings. The number of phenolic OH excluding ortho intramolecular Hbond substituents is 1. The third-order valence-corrected chi connectivity index (χ3v) is 2.30. The Labute approximate surface area is 93.0 Å². The molecule has 2 rings (SSSR count). The van der Waals surface area contributed by atoms with Gasteiger partial charge in [-0.05, 0) is 24.6 Å². The van der Waals surface area contributed by atoms with Gasteiger partial charge >= 0.3 is 6.03 Å². The van der Waals surface area contributed by atoms with Crippen LogP contribution in [0.3, 0.4) is 0 Å². The molecule has 1 atom stereocenters. The first-order valence-electron chi connectivity index (χ1n) is 5.00. The van der Waals surface area contributed by atoms with E-state index in [2.05, 4.69) is 21.5 Å². The van der Waals surface area contributed by atoms with E-state index in [1.165, 1.54) is 0 Å². The molecule has 1 unspecified atom stereocenters. The molecule has 1 fully saturated rings. The number of amides is 2. The smallest absolute Gasteiger partial charge is 0.330 e. The van der Waals surface area contributed by atoms with Crippen LogP contribution in [0.15, 0.2) is 18.2 Å². The monoisotopic (exact) mass is 222 g/mol. The first-order chi connectivity index (χ1) is 7.65. The zero-order valence-corrected chi connectivity index (χ0v) is 8.87. The number of carbonyl (C=O) groups excluding carboxylic acids is 1. The summed E-state index contributed by atoms with van der Waals surface area (Å²) >= 11 is 0. The number of hydrogen-bond acceptors (Lipinski definition) is 4. The van der Waals surface area contributed by atoms with Crippen LogP contribution in [0.25, 0.3) is 0 Å². The molecule has 5 N–H and O–H groups in total. The number of aromatic hydroxyl groups is 1. The van der Waals surface area contributed by atoms with E-state index in [0.717, 1.165) is 5.56 Å². The molecule has 1 aromatic rings. The van der Waals surface area contributed by atoms with Crippen molar-refractivity contribution in [1.29, 1.82) is 0 Å². The van der Waals surface area contributed by atoms with Gasteiger partial charge in [0.25, 0.3) is 0 Å². The molecule has 2 amide bonds. The Morgan fingerprint density at radius 3 is 3.06 bits per heavy atom. The van der Waals surface area contributed by atoms with Crippen LogP contribution < -0.4 is 21.5 Å². The van der Waals surface area contributed by atoms with Gasteiger partial charge in [0.1, 0.15) is 11.9 Å². The molecule has 16 heavy (non-hydrogen) atoms. The molecular weight excluding hydrogens is 208 g/mol. The van der Waals surface area contributed by atoms with Gasteiger partial charge in [-0.1, -0.05) is 6.07 Å². The van der Waals surface area contributed by atoms with Gasteiger partial charge in [0, 0.05) is 0 Å². The number of benzene rings is 1. The van der Waals surface area contributed by atoms with Crippen LogP contribution in [0.5, 0.6) is 5.75 Å². The lowest BCUT2D eigenvalue weighted by Crippen LogP contribution is -2.61. The molecule has 0 bridgehead atoms. The molecule has 86 valence electrons. The van der Waals surface area contributed by atoms with E-state index in [0.29, 0.717) is 12.2 Å². The fourth-order valence-electron chi connectivity index (χ4n) is 1.52. The fraction of sp³-hybridized carbons (Fsp3) is 0.300. The highest BCUT2D eigenvalue weighted by atomic mass is 16.3. The molecule has 6 nitrogen and oxygen atoms in total. The largest absolute Gasteiger partial charge is 0.506 e. The Hall–Kier alpha value is -1.95. The number of nitrogens with one attached hydrogen (secondary N) is 4. The van der Waals surface area contributed by atoms with Crippen LogP contribution in [0.4, 0.5) is 10.5 Å². The maximum absolute atomic E-state index is 11.0. The third kappa shape index (κ3) is 2.34.